The van der Waals surface area contributed by atoms with Gasteiger partial charge < -0.3 is 5.32 Å². The quantitative estimate of drug-likeness (QED) is 0.808. The van der Waals surface area contributed by atoms with Crippen molar-refractivity contribution in [3.8, 4) is 0 Å². The molecule has 2 aromatic heterocycles. The molecule has 0 aliphatic heterocycles. The van der Waals surface area contributed by atoms with Crippen LogP contribution in [0.2, 0.25) is 0 Å². The van der Waals surface area contributed by atoms with Gasteiger partial charge in [0.15, 0.2) is 4.96 Å². The topological polar surface area (TPSA) is 63.5 Å². The molecule has 0 saturated carbocycles. The lowest BCUT2D eigenvalue weighted by Gasteiger charge is -2.13. The van der Waals surface area contributed by atoms with E-state index in [1.165, 1.54) is 21.9 Å². The van der Waals surface area contributed by atoms with Gasteiger partial charge in [-0.15, -0.1) is 11.3 Å². The normalized spacial score (nSPS) is 12.3. The van der Waals surface area contributed by atoms with Gasteiger partial charge >= 0.3 is 0 Å². The standard InChI is InChI=1S/C16H15N3O2S/c1-10-9-19-15(21)13(8-17-16(19)22-10)14(20)18-11(2)12-6-4-3-5-7-12/h3-9,11H,1-2H3,(H,18,20)/t11-/m1/s1. The van der Waals surface area contributed by atoms with Crippen LogP contribution in [0.4, 0.5) is 0 Å². The van der Waals surface area contributed by atoms with Gasteiger partial charge in [0.1, 0.15) is 5.56 Å². The summed E-state index contributed by atoms with van der Waals surface area (Å²) in [5.41, 5.74) is 0.696. The number of nitrogens with zero attached hydrogens (tertiary/aromatic N) is 2. The van der Waals surface area contributed by atoms with Gasteiger partial charge in [-0.25, -0.2) is 4.98 Å². The minimum Gasteiger partial charge on any atom is -0.345 e. The molecule has 5 nitrogen and oxygen atoms in total. The molecular weight excluding hydrogens is 298 g/mol. The van der Waals surface area contributed by atoms with E-state index < -0.39 is 5.91 Å². The summed E-state index contributed by atoms with van der Waals surface area (Å²) in [6, 6.07) is 9.42. The third-order valence-electron chi connectivity index (χ3n) is 3.41. The van der Waals surface area contributed by atoms with E-state index in [0.717, 1.165) is 10.4 Å². The van der Waals surface area contributed by atoms with Gasteiger partial charge in [0.25, 0.3) is 11.5 Å². The Morgan fingerprint density at radius 2 is 2.05 bits per heavy atom. The molecule has 2 heterocycles. The number of aryl methyl sites for hydroxylation is 1. The van der Waals surface area contributed by atoms with Crippen molar-refractivity contribution >= 4 is 22.2 Å². The molecule has 6 heteroatoms. The zero-order chi connectivity index (χ0) is 15.7. The lowest BCUT2D eigenvalue weighted by Crippen LogP contribution is -2.32. The van der Waals surface area contributed by atoms with Crippen molar-refractivity contribution < 1.29 is 4.79 Å². The monoisotopic (exact) mass is 313 g/mol. The third-order valence-corrected chi connectivity index (χ3v) is 4.33. The summed E-state index contributed by atoms with van der Waals surface area (Å²) in [5.74, 6) is -0.410. The number of benzene rings is 1. The SMILES string of the molecule is Cc1cn2c(=O)c(C(=O)N[C@H](C)c3ccccc3)cnc2s1. The molecule has 112 valence electrons. The van der Waals surface area contributed by atoms with Crippen molar-refractivity contribution in [2.45, 2.75) is 19.9 Å². The Kier molecular flexibility index (Phi) is 3.77. The van der Waals surface area contributed by atoms with Crippen LogP contribution in [0.3, 0.4) is 0 Å². The molecule has 0 spiro atoms. The lowest BCUT2D eigenvalue weighted by atomic mass is 10.1. The Hall–Kier alpha value is -2.47. The molecule has 0 radical (unpaired) electrons. The van der Waals surface area contributed by atoms with Crippen LogP contribution in [-0.4, -0.2) is 15.3 Å². The van der Waals surface area contributed by atoms with Crippen LogP contribution < -0.4 is 10.9 Å². The highest BCUT2D eigenvalue weighted by molar-refractivity contribution is 7.16. The van der Waals surface area contributed by atoms with E-state index in [-0.39, 0.29) is 17.2 Å². The Bertz CT molecular complexity index is 883. The second kappa shape index (κ2) is 5.73. The van der Waals surface area contributed by atoms with Crippen LogP contribution in [0, 0.1) is 6.92 Å². The number of aromatic nitrogens is 2. The van der Waals surface area contributed by atoms with Crippen molar-refractivity contribution in [2.75, 3.05) is 0 Å². The number of thiazole rings is 1. The summed E-state index contributed by atoms with van der Waals surface area (Å²) in [7, 11) is 0. The molecule has 0 bridgehead atoms. The Balaban J connectivity index is 1.89. The zero-order valence-electron chi connectivity index (χ0n) is 12.2. The first-order valence-corrected chi connectivity index (χ1v) is 7.71. The summed E-state index contributed by atoms with van der Waals surface area (Å²) in [6.45, 7) is 3.78. The maximum atomic E-state index is 12.4. The maximum Gasteiger partial charge on any atom is 0.271 e. The largest absolute Gasteiger partial charge is 0.345 e. The van der Waals surface area contributed by atoms with Crippen LogP contribution in [0.15, 0.2) is 47.5 Å². The molecule has 1 aromatic carbocycles. The summed E-state index contributed by atoms with van der Waals surface area (Å²) in [4.78, 5) is 30.5. The van der Waals surface area contributed by atoms with Gasteiger partial charge in [-0.2, -0.15) is 0 Å². The number of carbonyl (C=O) groups excluding carboxylic acids is 1. The number of hydrogen-bond acceptors (Lipinski definition) is 4. The van der Waals surface area contributed by atoms with Crippen molar-refractivity contribution in [1.82, 2.24) is 14.7 Å². The van der Waals surface area contributed by atoms with Crippen LogP contribution in [0.25, 0.3) is 4.96 Å². The predicted octanol–water partition coefficient (Wildman–Crippen LogP) is 2.56. The average molecular weight is 313 g/mol. The van der Waals surface area contributed by atoms with E-state index in [1.54, 1.807) is 6.20 Å². The summed E-state index contributed by atoms with van der Waals surface area (Å²) in [5, 5.41) is 2.84. The van der Waals surface area contributed by atoms with Crippen LogP contribution in [0.1, 0.15) is 33.8 Å². The fourth-order valence-corrected chi connectivity index (χ4v) is 3.04. The van der Waals surface area contributed by atoms with Gasteiger partial charge in [-0.1, -0.05) is 30.3 Å². The predicted molar refractivity (Wildman–Crippen MR) is 86.4 cm³/mol. The molecule has 0 unspecified atom stereocenters. The van der Waals surface area contributed by atoms with E-state index in [2.05, 4.69) is 10.3 Å². The molecule has 1 N–H and O–H groups in total. The maximum absolute atomic E-state index is 12.4. The molecule has 1 amide bonds. The fraction of sp³-hybridized carbons (Fsp3) is 0.188. The van der Waals surface area contributed by atoms with Crippen LogP contribution in [-0.2, 0) is 0 Å². The molecule has 22 heavy (non-hydrogen) atoms. The Morgan fingerprint density at radius 1 is 1.32 bits per heavy atom. The first-order chi connectivity index (χ1) is 10.6. The third kappa shape index (κ3) is 2.65. The molecule has 3 rings (SSSR count). The van der Waals surface area contributed by atoms with Crippen molar-refractivity contribution in [3.63, 3.8) is 0 Å². The molecule has 1 atom stereocenters. The summed E-state index contributed by atoms with van der Waals surface area (Å²) in [6.07, 6.45) is 3.05. The van der Waals surface area contributed by atoms with E-state index >= 15 is 0 Å². The molecule has 0 aliphatic carbocycles. The average Bonchev–Trinajstić information content (AvgIpc) is 2.90. The highest BCUT2D eigenvalue weighted by atomic mass is 32.1. The van der Waals surface area contributed by atoms with Gasteiger partial charge in [-0.3, -0.25) is 14.0 Å². The molecule has 0 fully saturated rings. The first-order valence-electron chi connectivity index (χ1n) is 6.90. The van der Waals surface area contributed by atoms with Crippen LogP contribution in [0.5, 0.6) is 0 Å². The fourth-order valence-electron chi connectivity index (χ4n) is 2.25. The smallest absolute Gasteiger partial charge is 0.271 e. The number of nitrogens with one attached hydrogen (secondary N) is 1. The highest BCUT2D eigenvalue weighted by Gasteiger charge is 2.17. The van der Waals surface area contributed by atoms with Gasteiger partial charge in [-0.05, 0) is 19.4 Å². The number of carbonyl (C=O) groups is 1. The van der Waals surface area contributed by atoms with Gasteiger partial charge in [0, 0.05) is 17.3 Å². The van der Waals surface area contributed by atoms with Crippen molar-refractivity contribution in [2.24, 2.45) is 0 Å². The first kappa shape index (κ1) is 14.5. The van der Waals surface area contributed by atoms with Crippen molar-refractivity contribution in [1.29, 1.82) is 0 Å². The van der Waals surface area contributed by atoms with E-state index in [0.29, 0.717) is 4.96 Å². The number of hydrogen-bond donors (Lipinski definition) is 1. The Labute approximate surface area is 131 Å². The zero-order valence-corrected chi connectivity index (χ0v) is 13.1. The summed E-state index contributed by atoms with van der Waals surface area (Å²) < 4.78 is 1.42. The van der Waals surface area contributed by atoms with Gasteiger partial charge in [0.05, 0.1) is 6.04 Å². The summed E-state index contributed by atoms with van der Waals surface area (Å²) >= 11 is 1.42. The molecule has 3 aromatic rings. The minimum absolute atomic E-state index is 0.0538. The van der Waals surface area contributed by atoms with E-state index in [9.17, 15) is 9.59 Å². The number of amides is 1. The van der Waals surface area contributed by atoms with Gasteiger partial charge in [0.2, 0.25) is 0 Å². The number of rotatable bonds is 3. The number of fused-ring (bicyclic) bond motifs is 1. The lowest BCUT2D eigenvalue weighted by molar-refractivity contribution is 0.0938. The van der Waals surface area contributed by atoms with Crippen LogP contribution >= 0.6 is 11.3 Å². The highest BCUT2D eigenvalue weighted by Crippen LogP contribution is 2.14. The second-order valence-corrected chi connectivity index (χ2v) is 6.29. The van der Waals surface area contributed by atoms with E-state index in [4.69, 9.17) is 0 Å². The second-order valence-electron chi connectivity index (χ2n) is 5.08. The van der Waals surface area contributed by atoms with Crippen molar-refractivity contribution in [3.05, 3.63) is 69.1 Å². The molecular formula is C16H15N3O2S. The van der Waals surface area contributed by atoms with E-state index in [1.807, 2.05) is 44.2 Å². The minimum atomic E-state index is -0.410. The molecule has 0 saturated heterocycles. The Morgan fingerprint density at radius 3 is 2.77 bits per heavy atom. The molecule has 0 aliphatic rings.